The Morgan fingerprint density at radius 2 is 2.11 bits per heavy atom. The topological polar surface area (TPSA) is 74.2 Å². The van der Waals surface area contributed by atoms with Gasteiger partial charge in [0.1, 0.15) is 0 Å². The number of hydrogen-bond donors (Lipinski definition) is 1. The molecule has 0 spiro atoms. The third-order valence-corrected chi connectivity index (χ3v) is 4.00. The van der Waals surface area contributed by atoms with Crippen LogP contribution in [0.3, 0.4) is 0 Å². The minimum absolute atomic E-state index is 0.0725. The molecule has 1 saturated heterocycles. The van der Waals surface area contributed by atoms with E-state index in [-0.39, 0.29) is 29.8 Å². The van der Waals surface area contributed by atoms with Crippen LogP contribution in [0.15, 0.2) is 0 Å². The minimum atomic E-state index is -0.217. The molecule has 3 atom stereocenters. The van der Waals surface area contributed by atoms with Gasteiger partial charge in [-0.2, -0.15) is 0 Å². The largest absolute Gasteiger partial charge is 0.466 e. The van der Waals surface area contributed by atoms with Gasteiger partial charge in [0.2, 0.25) is 0 Å². The minimum Gasteiger partial charge on any atom is -0.466 e. The molecule has 19 heavy (non-hydrogen) atoms. The number of esters is 1. The van der Waals surface area contributed by atoms with E-state index in [0.717, 1.165) is 25.8 Å². The Morgan fingerprint density at radius 3 is 2.68 bits per heavy atom. The molecule has 1 rings (SSSR count). The summed E-state index contributed by atoms with van der Waals surface area (Å²) in [6.07, 6.45) is 2.62. The predicted molar refractivity (Wildman–Crippen MR) is 72.1 cm³/mol. The maximum atomic E-state index is 12.3. The van der Waals surface area contributed by atoms with Crippen molar-refractivity contribution in [1.29, 1.82) is 0 Å². The summed E-state index contributed by atoms with van der Waals surface area (Å²) in [4.78, 5) is 25.9. The average molecular weight is 271 g/mol. The Kier molecular flexibility index (Phi) is 6.28. The molecule has 1 aliphatic heterocycles. The molecule has 1 fully saturated rings. The normalized spacial score (nSPS) is 22.7. The zero-order valence-corrected chi connectivity index (χ0v) is 12.4. The first kappa shape index (κ1) is 16.0. The van der Waals surface area contributed by atoms with Crippen LogP contribution in [-0.2, 0) is 14.3 Å². The lowest BCUT2D eigenvalue weighted by molar-refractivity contribution is -0.417. The lowest BCUT2D eigenvalue weighted by atomic mass is 9.94. The van der Waals surface area contributed by atoms with E-state index in [9.17, 15) is 9.59 Å². The molecule has 0 aromatic rings. The highest BCUT2D eigenvalue weighted by molar-refractivity contribution is 5.82. The summed E-state index contributed by atoms with van der Waals surface area (Å²) < 4.78 is 5.05. The molecule has 5 heteroatoms. The second kappa shape index (κ2) is 7.48. The molecule has 0 saturated carbocycles. The van der Waals surface area contributed by atoms with Gasteiger partial charge in [0, 0.05) is 19.0 Å². The Bertz CT molecular complexity index is 320. The van der Waals surface area contributed by atoms with E-state index in [4.69, 9.17) is 4.74 Å². The third kappa shape index (κ3) is 4.20. The van der Waals surface area contributed by atoms with Gasteiger partial charge in [0.05, 0.1) is 12.5 Å². The molecule has 0 radical (unpaired) electrons. The summed E-state index contributed by atoms with van der Waals surface area (Å²) in [7, 11) is 0. The smallest absolute Gasteiger partial charge is 0.310 e. The highest BCUT2D eigenvalue weighted by Crippen LogP contribution is 2.19. The Morgan fingerprint density at radius 1 is 1.42 bits per heavy atom. The number of likely N-dealkylation sites (tertiary alicyclic amines) is 1. The zero-order chi connectivity index (χ0) is 14.4. The maximum absolute atomic E-state index is 12.3. The van der Waals surface area contributed by atoms with Gasteiger partial charge in [0.25, 0.3) is 5.91 Å². The van der Waals surface area contributed by atoms with Gasteiger partial charge in [-0.3, -0.25) is 9.59 Å². The third-order valence-electron chi connectivity index (χ3n) is 4.00. The fourth-order valence-electron chi connectivity index (χ4n) is 2.39. The summed E-state index contributed by atoms with van der Waals surface area (Å²) in [5, 5.41) is 0. The van der Waals surface area contributed by atoms with E-state index in [1.54, 1.807) is 11.8 Å². The molecule has 1 aliphatic rings. The number of piperidine rings is 1. The number of nitrogens with zero attached hydrogens (tertiary/aromatic N) is 1. The summed E-state index contributed by atoms with van der Waals surface area (Å²) in [6.45, 7) is 7.53. The Labute approximate surface area is 115 Å². The second-order valence-electron chi connectivity index (χ2n) is 5.37. The van der Waals surface area contributed by atoms with Gasteiger partial charge in [-0.15, -0.1) is 0 Å². The van der Waals surface area contributed by atoms with Gasteiger partial charge < -0.3 is 15.4 Å². The van der Waals surface area contributed by atoms with Crippen LogP contribution < -0.4 is 5.73 Å². The number of amides is 1. The molecule has 0 bridgehead atoms. The van der Waals surface area contributed by atoms with Crippen LogP contribution in [0.2, 0.25) is 0 Å². The van der Waals surface area contributed by atoms with Crippen LogP contribution in [0, 0.1) is 11.8 Å². The summed E-state index contributed by atoms with van der Waals surface area (Å²) in [5.74, 6) is 0.00440. The van der Waals surface area contributed by atoms with Crippen LogP contribution in [-0.4, -0.2) is 42.5 Å². The number of carbonyl (C=O) groups excluding carboxylic acids is 2. The van der Waals surface area contributed by atoms with Crippen molar-refractivity contribution in [3.63, 3.8) is 0 Å². The number of ether oxygens (including phenoxy) is 1. The van der Waals surface area contributed by atoms with Crippen molar-refractivity contribution < 1.29 is 20.1 Å². The molecule has 1 heterocycles. The van der Waals surface area contributed by atoms with Crippen LogP contribution in [0.5, 0.6) is 0 Å². The van der Waals surface area contributed by atoms with Gasteiger partial charge in [0.15, 0.2) is 6.04 Å². The number of hydrogen-bond acceptors (Lipinski definition) is 3. The molecule has 0 unspecified atom stereocenters. The lowest BCUT2D eigenvalue weighted by Gasteiger charge is -2.33. The average Bonchev–Trinajstić information content (AvgIpc) is 2.45. The number of carbonyl (C=O) groups is 2. The molecule has 3 N–H and O–H groups in total. The second-order valence-corrected chi connectivity index (χ2v) is 5.37. The Balaban J connectivity index is 2.59. The fraction of sp³-hybridized carbons (Fsp3) is 0.857. The molecule has 1 amide bonds. The van der Waals surface area contributed by atoms with Gasteiger partial charge >= 0.3 is 5.97 Å². The molecule has 0 aromatic carbocycles. The summed E-state index contributed by atoms with van der Waals surface area (Å²) in [5.41, 5.74) is 3.98. The molecular weight excluding hydrogens is 244 g/mol. The monoisotopic (exact) mass is 271 g/mol. The molecule has 110 valence electrons. The van der Waals surface area contributed by atoms with Crippen molar-refractivity contribution in [3.8, 4) is 0 Å². The van der Waals surface area contributed by atoms with E-state index in [0.29, 0.717) is 13.2 Å². The first-order valence-corrected chi connectivity index (χ1v) is 7.29. The number of quaternary nitrogens is 1. The Hall–Kier alpha value is -1.10. The highest BCUT2D eigenvalue weighted by Gasteiger charge is 2.34. The first-order chi connectivity index (χ1) is 9.01. The van der Waals surface area contributed by atoms with E-state index >= 15 is 0 Å². The summed E-state index contributed by atoms with van der Waals surface area (Å²) in [6, 6.07) is -0.217. The van der Waals surface area contributed by atoms with Gasteiger partial charge in [-0.1, -0.05) is 13.8 Å². The van der Waals surface area contributed by atoms with Crippen molar-refractivity contribution in [2.75, 3.05) is 19.7 Å². The van der Waals surface area contributed by atoms with E-state index in [2.05, 4.69) is 12.7 Å². The van der Waals surface area contributed by atoms with Crippen LogP contribution >= 0.6 is 0 Å². The quantitative estimate of drug-likeness (QED) is 0.738. The molecule has 0 aliphatic carbocycles. The zero-order valence-electron chi connectivity index (χ0n) is 12.4. The maximum Gasteiger partial charge on any atom is 0.310 e. The van der Waals surface area contributed by atoms with Crippen molar-refractivity contribution in [1.82, 2.24) is 4.90 Å². The predicted octanol–water partition coefficient (Wildman–Crippen LogP) is 0.445. The lowest BCUT2D eigenvalue weighted by Crippen LogP contribution is -2.71. The SMILES string of the molecule is CCOC(=O)[C@H]1CCCN(C(=O)[C@@H]([NH3+])[C@@H](C)CC)C1. The van der Waals surface area contributed by atoms with Crippen LogP contribution in [0.1, 0.15) is 40.0 Å². The van der Waals surface area contributed by atoms with E-state index in [1.807, 2.05) is 6.92 Å². The van der Waals surface area contributed by atoms with Crippen molar-refractivity contribution in [2.45, 2.75) is 46.1 Å². The summed E-state index contributed by atoms with van der Waals surface area (Å²) >= 11 is 0. The van der Waals surface area contributed by atoms with Crippen LogP contribution in [0.4, 0.5) is 0 Å². The van der Waals surface area contributed by atoms with Crippen molar-refractivity contribution in [3.05, 3.63) is 0 Å². The molecular formula is C14H27N2O3+. The molecule has 5 nitrogen and oxygen atoms in total. The highest BCUT2D eigenvalue weighted by atomic mass is 16.5. The standard InChI is InChI=1S/C14H26N2O3/c1-4-10(3)12(15)13(17)16-8-6-7-11(9-16)14(18)19-5-2/h10-12H,4-9,15H2,1-3H3/p+1/t10-,11-,12-/m0/s1. The first-order valence-electron chi connectivity index (χ1n) is 7.29. The van der Waals surface area contributed by atoms with Crippen LogP contribution in [0.25, 0.3) is 0 Å². The van der Waals surface area contributed by atoms with Crippen molar-refractivity contribution >= 4 is 11.9 Å². The van der Waals surface area contributed by atoms with Gasteiger partial charge in [-0.05, 0) is 26.2 Å². The number of rotatable bonds is 5. The van der Waals surface area contributed by atoms with Gasteiger partial charge in [-0.25, -0.2) is 0 Å². The molecule has 0 aromatic heterocycles. The fourth-order valence-corrected chi connectivity index (χ4v) is 2.39. The van der Waals surface area contributed by atoms with E-state index in [1.165, 1.54) is 0 Å². The van der Waals surface area contributed by atoms with Crippen molar-refractivity contribution in [2.24, 2.45) is 11.8 Å². The van der Waals surface area contributed by atoms with E-state index < -0.39 is 0 Å².